The third-order valence-corrected chi connectivity index (χ3v) is 2.88. The Bertz CT molecular complexity index is 458. The molecule has 1 amide bonds. The van der Waals surface area contributed by atoms with E-state index in [2.05, 4.69) is 4.74 Å². The highest BCUT2D eigenvalue weighted by atomic mass is 16.5. The summed E-state index contributed by atoms with van der Waals surface area (Å²) in [5, 5.41) is 10.3. The zero-order chi connectivity index (χ0) is 12.4. The Morgan fingerprint density at radius 2 is 2.12 bits per heavy atom. The van der Waals surface area contributed by atoms with Crippen LogP contribution in [0.1, 0.15) is 12.0 Å². The maximum atomic E-state index is 11.7. The molecule has 1 aliphatic heterocycles. The van der Waals surface area contributed by atoms with E-state index in [0.717, 1.165) is 5.56 Å². The predicted molar refractivity (Wildman–Crippen MR) is 59.5 cm³/mol. The number of hydroxylamine groups is 1. The first-order chi connectivity index (χ1) is 8.13. The van der Waals surface area contributed by atoms with Crippen LogP contribution in [0.5, 0.6) is 0 Å². The maximum absolute atomic E-state index is 11.7. The van der Waals surface area contributed by atoms with Gasteiger partial charge in [0.2, 0.25) is 0 Å². The van der Waals surface area contributed by atoms with E-state index in [4.69, 9.17) is 0 Å². The van der Waals surface area contributed by atoms with Gasteiger partial charge in [0.25, 0.3) is 5.91 Å². The minimum atomic E-state index is -0.536. The number of ether oxygens (including phenoxy) is 1. The van der Waals surface area contributed by atoms with Crippen LogP contribution in [0.25, 0.3) is 0 Å². The van der Waals surface area contributed by atoms with Crippen molar-refractivity contribution in [2.24, 2.45) is 5.92 Å². The van der Waals surface area contributed by atoms with E-state index in [9.17, 15) is 14.8 Å². The second-order valence-corrected chi connectivity index (χ2v) is 3.96. The van der Waals surface area contributed by atoms with E-state index < -0.39 is 17.8 Å². The number of nitrogens with zero attached hydrogens (tertiary/aromatic N) is 1. The molecule has 0 aliphatic carbocycles. The van der Waals surface area contributed by atoms with Crippen molar-refractivity contribution < 1.29 is 19.5 Å². The van der Waals surface area contributed by atoms with Gasteiger partial charge in [-0.05, 0) is 18.1 Å². The smallest absolute Gasteiger partial charge is 0.309 e. The van der Waals surface area contributed by atoms with Gasteiger partial charge in [-0.15, -0.1) is 0 Å². The van der Waals surface area contributed by atoms with Crippen LogP contribution >= 0.6 is 0 Å². The molecule has 0 radical (unpaired) electrons. The third-order valence-electron chi connectivity index (χ3n) is 2.88. The number of para-hydroxylation sites is 1. The lowest BCUT2D eigenvalue weighted by Crippen LogP contribution is -2.29. The molecule has 17 heavy (non-hydrogen) atoms. The van der Waals surface area contributed by atoms with Crippen molar-refractivity contribution >= 4 is 17.6 Å². The van der Waals surface area contributed by atoms with Crippen LogP contribution in [0.4, 0.5) is 5.69 Å². The fourth-order valence-corrected chi connectivity index (χ4v) is 1.99. The van der Waals surface area contributed by atoms with E-state index in [1.54, 1.807) is 24.3 Å². The van der Waals surface area contributed by atoms with E-state index in [0.29, 0.717) is 17.2 Å². The highest BCUT2D eigenvalue weighted by Crippen LogP contribution is 2.28. The van der Waals surface area contributed by atoms with E-state index >= 15 is 0 Å². The van der Waals surface area contributed by atoms with E-state index in [-0.39, 0.29) is 6.42 Å². The largest absolute Gasteiger partial charge is 0.469 e. The highest BCUT2D eigenvalue weighted by molar-refractivity contribution is 5.95. The van der Waals surface area contributed by atoms with E-state index in [1.165, 1.54) is 7.11 Å². The minimum Gasteiger partial charge on any atom is -0.469 e. The molecule has 0 saturated heterocycles. The number of benzene rings is 1. The molecule has 0 fully saturated rings. The topological polar surface area (TPSA) is 66.8 Å². The van der Waals surface area contributed by atoms with Gasteiger partial charge < -0.3 is 4.74 Å². The summed E-state index contributed by atoms with van der Waals surface area (Å²) in [5.74, 6) is -1.46. The Balaban J connectivity index is 2.38. The van der Waals surface area contributed by atoms with Gasteiger partial charge in [-0.3, -0.25) is 14.8 Å². The molecule has 1 aromatic rings. The summed E-state index contributed by atoms with van der Waals surface area (Å²) in [4.78, 5) is 23.2. The number of hydrogen-bond donors (Lipinski definition) is 1. The molecule has 5 nitrogen and oxygen atoms in total. The molecule has 2 rings (SSSR count). The summed E-state index contributed by atoms with van der Waals surface area (Å²) in [6.07, 6.45) is 0.351. The number of carbonyl (C=O) groups excluding carboxylic acids is 2. The molecule has 0 spiro atoms. The van der Waals surface area contributed by atoms with Crippen molar-refractivity contribution in [3.05, 3.63) is 29.8 Å². The number of hydrogen-bond acceptors (Lipinski definition) is 4. The number of methoxy groups -OCH3 is 1. The normalized spacial score (nSPS) is 19.5. The molecule has 1 aromatic carbocycles. The number of carbonyl (C=O) groups is 2. The molecule has 0 aromatic heterocycles. The SMILES string of the molecule is COC(=O)C1CC(=O)N(O)c2ccccc2C1. The van der Waals surface area contributed by atoms with Gasteiger partial charge in [-0.1, -0.05) is 18.2 Å². The van der Waals surface area contributed by atoms with Gasteiger partial charge in [0.15, 0.2) is 0 Å². The van der Waals surface area contributed by atoms with Crippen molar-refractivity contribution in [1.29, 1.82) is 0 Å². The van der Waals surface area contributed by atoms with Gasteiger partial charge in [-0.2, -0.15) is 5.06 Å². The van der Waals surface area contributed by atoms with Crippen LogP contribution in [0.3, 0.4) is 0 Å². The van der Waals surface area contributed by atoms with Gasteiger partial charge >= 0.3 is 5.97 Å². The summed E-state index contributed by atoms with van der Waals surface area (Å²) in [7, 11) is 1.29. The molecule has 1 aliphatic rings. The first-order valence-corrected chi connectivity index (χ1v) is 5.31. The molecular formula is C12H13NO4. The highest BCUT2D eigenvalue weighted by Gasteiger charge is 2.31. The van der Waals surface area contributed by atoms with Gasteiger partial charge in [0, 0.05) is 6.42 Å². The molecule has 0 bridgehead atoms. The molecular weight excluding hydrogens is 222 g/mol. The van der Waals surface area contributed by atoms with Crippen LogP contribution in [0.15, 0.2) is 24.3 Å². The quantitative estimate of drug-likeness (QED) is 0.585. The summed E-state index contributed by atoms with van der Waals surface area (Å²) in [5.41, 5.74) is 1.19. The maximum Gasteiger partial charge on any atom is 0.309 e. The summed E-state index contributed by atoms with van der Waals surface area (Å²) in [6.45, 7) is 0. The van der Waals surface area contributed by atoms with Gasteiger partial charge in [0.05, 0.1) is 18.7 Å². The minimum absolute atomic E-state index is 0.0438. The zero-order valence-corrected chi connectivity index (χ0v) is 9.42. The monoisotopic (exact) mass is 235 g/mol. The van der Waals surface area contributed by atoms with Crippen LogP contribution in [0.2, 0.25) is 0 Å². The van der Waals surface area contributed by atoms with Crippen molar-refractivity contribution in [2.45, 2.75) is 12.8 Å². The Morgan fingerprint density at radius 1 is 1.41 bits per heavy atom. The lowest BCUT2D eigenvalue weighted by atomic mass is 9.97. The summed E-state index contributed by atoms with van der Waals surface area (Å²) < 4.78 is 4.65. The molecule has 5 heteroatoms. The molecule has 1 heterocycles. The zero-order valence-electron chi connectivity index (χ0n) is 9.42. The van der Waals surface area contributed by atoms with Gasteiger partial charge in [-0.25, -0.2) is 0 Å². The van der Waals surface area contributed by atoms with E-state index in [1.807, 2.05) is 0 Å². The first-order valence-electron chi connectivity index (χ1n) is 5.31. The lowest BCUT2D eigenvalue weighted by molar-refractivity contribution is -0.147. The summed E-state index contributed by atoms with van der Waals surface area (Å²) in [6, 6.07) is 6.96. The summed E-state index contributed by atoms with van der Waals surface area (Å²) >= 11 is 0. The average molecular weight is 235 g/mol. The Hall–Kier alpha value is -1.88. The standard InChI is InChI=1S/C12H13NO4/c1-17-12(15)9-6-8-4-2-3-5-10(8)13(16)11(14)7-9/h2-5,9,16H,6-7H2,1H3. The molecule has 1 unspecified atom stereocenters. The average Bonchev–Trinajstić information content (AvgIpc) is 2.48. The van der Waals surface area contributed by atoms with Crippen molar-refractivity contribution in [2.75, 3.05) is 12.2 Å². The molecule has 1 atom stereocenters. The lowest BCUT2D eigenvalue weighted by Gasteiger charge is -2.14. The van der Waals surface area contributed by atoms with Gasteiger partial charge in [0.1, 0.15) is 0 Å². The molecule has 1 N–H and O–H groups in total. The second-order valence-electron chi connectivity index (χ2n) is 3.96. The number of anilines is 1. The van der Waals surface area contributed by atoms with Crippen LogP contribution in [-0.2, 0) is 20.7 Å². The Kier molecular flexibility index (Phi) is 3.10. The Labute approximate surface area is 98.6 Å². The number of rotatable bonds is 1. The van der Waals surface area contributed by atoms with Crippen molar-refractivity contribution in [3.8, 4) is 0 Å². The number of fused-ring (bicyclic) bond motifs is 1. The number of amides is 1. The fourth-order valence-electron chi connectivity index (χ4n) is 1.99. The van der Waals surface area contributed by atoms with Crippen LogP contribution in [0, 0.1) is 5.92 Å². The fraction of sp³-hybridized carbons (Fsp3) is 0.333. The second kappa shape index (κ2) is 4.55. The molecule has 90 valence electrons. The van der Waals surface area contributed by atoms with Crippen molar-refractivity contribution in [3.63, 3.8) is 0 Å². The van der Waals surface area contributed by atoms with Crippen LogP contribution in [-0.4, -0.2) is 24.2 Å². The Morgan fingerprint density at radius 3 is 2.82 bits per heavy atom. The first kappa shape index (κ1) is 11.6. The third kappa shape index (κ3) is 2.14. The molecule has 0 saturated carbocycles. The van der Waals surface area contributed by atoms with Crippen LogP contribution < -0.4 is 5.06 Å². The number of esters is 1. The predicted octanol–water partition coefficient (Wildman–Crippen LogP) is 1.14. The van der Waals surface area contributed by atoms with Crippen molar-refractivity contribution in [1.82, 2.24) is 0 Å².